The third kappa shape index (κ3) is 4.91. The first-order chi connectivity index (χ1) is 12.8. The number of anilines is 2. The van der Waals surface area contributed by atoms with Crippen LogP contribution in [-0.2, 0) is 14.8 Å². The number of hydrogen-bond donors (Lipinski definition) is 1. The number of ether oxygens (including phenoxy) is 2. The number of para-hydroxylation sites is 2. The van der Waals surface area contributed by atoms with Gasteiger partial charge in [0.15, 0.2) is 0 Å². The number of hydrogen-bond acceptors (Lipinski definition) is 5. The molecule has 1 atom stereocenters. The zero-order valence-corrected chi connectivity index (χ0v) is 16.6. The van der Waals surface area contributed by atoms with Gasteiger partial charge in [-0.25, -0.2) is 8.42 Å². The molecular formula is C19H24N2O5S. The molecule has 0 heterocycles. The SMILES string of the molecule is CC[C@H](C(=O)Nc1ccccc1OC)N(c1cccc(OC)c1)S(C)(=O)=O. The lowest BCUT2D eigenvalue weighted by atomic mass is 10.1. The van der Waals surface area contributed by atoms with E-state index in [-0.39, 0.29) is 6.42 Å². The molecule has 146 valence electrons. The van der Waals surface area contributed by atoms with Crippen molar-refractivity contribution < 1.29 is 22.7 Å². The van der Waals surface area contributed by atoms with Gasteiger partial charge in [0.05, 0.1) is 31.9 Å². The molecule has 0 aromatic heterocycles. The van der Waals surface area contributed by atoms with Gasteiger partial charge in [0.2, 0.25) is 15.9 Å². The van der Waals surface area contributed by atoms with E-state index in [4.69, 9.17) is 9.47 Å². The Labute approximate surface area is 160 Å². The van der Waals surface area contributed by atoms with Crippen molar-refractivity contribution in [3.05, 3.63) is 48.5 Å². The fourth-order valence-corrected chi connectivity index (χ4v) is 3.98. The average molecular weight is 392 g/mol. The molecule has 0 bridgehead atoms. The Morgan fingerprint density at radius 3 is 2.41 bits per heavy atom. The van der Waals surface area contributed by atoms with Crippen LogP contribution in [0, 0.1) is 0 Å². The van der Waals surface area contributed by atoms with E-state index in [1.807, 2.05) is 0 Å². The summed E-state index contributed by atoms with van der Waals surface area (Å²) in [5.74, 6) is 0.546. The largest absolute Gasteiger partial charge is 0.497 e. The molecule has 0 aliphatic rings. The van der Waals surface area contributed by atoms with Gasteiger partial charge < -0.3 is 14.8 Å². The molecule has 0 fully saturated rings. The number of nitrogens with zero attached hydrogens (tertiary/aromatic N) is 1. The molecule has 0 spiro atoms. The van der Waals surface area contributed by atoms with Crippen molar-refractivity contribution in [1.82, 2.24) is 0 Å². The standard InChI is InChI=1S/C19H24N2O5S/c1-5-17(19(22)20-16-11-6-7-12-18(16)26-3)21(27(4,23)24)14-9-8-10-15(13-14)25-2/h6-13,17H,5H2,1-4H3,(H,20,22)/t17-/m1/s1. The van der Waals surface area contributed by atoms with Crippen molar-refractivity contribution in [2.24, 2.45) is 0 Å². The summed E-state index contributed by atoms with van der Waals surface area (Å²) in [5.41, 5.74) is 0.835. The summed E-state index contributed by atoms with van der Waals surface area (Å²) in [4.78, 5) is 12.9. The third-order valence-electron chi connectivity index (χ3n) is 4.00. The fraction of sp³-hybridized carbons (Fsp3) is 0.316. The normalized spacial score (nSPS) is 12.1. The second kappa shape index (κ2) is 8.77. The van der Waals surface area contributed by atoms with Gasteiger partial charge in [0, 0.05) is 6.07 Å². The number of methoxy groups -OCH3 is 2. The summed E-state index contributed by atoms with van der Waals surface area (Å²) in [6, 6.07) is 12.6. The van der Waals surface area contributed by atoms with E-state index in [0.717, 1.165) is 10.6 Å². The highest BCUT2D eigenvalue weighted by Gasteiger charge is 2.32. The molecule has 0 saturated carbocycles. The zero-order chi connectivity index (χ0) is 20.0. The summed E-state index contributed by atoms with van der Waals surface area (Å²) >= 11 is 0. The van der Waals surface area contributed by atoms with Crippen molar-refractivity contribution in [3.63, 3.8) is 0 Å². The summed E-state index contributed by atoms with van der Waals surface area (Å²) in [5, 5.41) is 2.76. The smallest absolute Gasteiger partial charge is 0.248 e. The molecule has 1 N–H and O–H groups in total. The van der Waals surface area contributed by atoms with E-state index in [2.05, 4.69) is 5.32 Å². The van der Waals surface area contributed by atoms with Gasteiger partial charge in [0.1, 0.15) is 17.5 Å². The maximum absolute atomic E-state index is 12.9. The zero-order valence-electron chi connectivity index (χ0n) is 15.8. The van der Waals surface area contributed by atoms with E-state index >= 15 is 0 Å². The van der Waals surface area contributed by atoms with Crippen LogP contribution in [0.4, 0.5) is 11.4 Å². The predicted octanol–water partition coefficient (Wildman–Crippen LogP) is 2.89. The van der Waals surface area contributed by atoms with E-state index in [1.54, 1.807) is 55.5 Å². The van der Waals surface area contributed by atoms with E-state index < -0.39 is 22.0 Å². The molecule has 2 aromatic carbocycles. The van der Waals surface area contributed by atoms with Crippen LogP contribution in [0.5, 0.6) is 11.5 Å². The quantitative estimate of drug-likeness (QED) is 0.747. The molecule has 0 radical (unpaired) electrons. The molecular weight excluding hydrogens is 368 g/mol. The minimum absolute atomic E-state index is 0.283. The lowest BCUT2D eigenvalue weighted by Crippen LogP contribution is -2.47. The van der Waals surface area contributed by atoms with E-state index in [1.165, 1.54) is 14.2 Å². The molecule has 0 aliphatic heterocycles. The highest BCUT2D eigenvalue weighted by Crippen LogP contribution is 2.28. The third-order valence-corrected chi connectivity index (χ3v) is 5.18. The van der Waals surface area contributed by atoms with Crippen molar-refractivity contribution in [3.8, 4) is 11.5 Å². The molecule has 2 aromatic rings. The Hall–Kier alpha value is -2.74. The van der Waals surface area contributed by atoms with Gasteiger partial charge in [-0.1, -0.05) is 25.1 Å². The van der Waals surface area contributed by atoms with Crippen LogP contribution in [0.15, 0.2) is 48.5 Å². The lowest BCUT2D eigenvalue weighted by Gasteiger charge is -2.30. The highest BCUT2D eigenvalue weighted by atomic mass is 32.2. The number of rotatable bonds is 8. The predicted molar refractivity (Wildman–Crippen MR) is 106 cm³/mol. The van der Waals surface area contributed by atoms with Crippen LogP contribution in [0.3, 0.4) is 0 Å². The molecule has 2 rings (SSSR count). The summed E-state index contributed by atoms with van der Waals surface area (Å²) in [7, 11) is -0.725. The monoisotopic (exact) mass is 392 g/mol. The molecule has 0 saturated heterocycles. The summed E-state index contributed by atoms with van der Waals surface area (Å²) in [6.07, 6.45) is 1.36. The van der Waals surface area contributed by atoms with Gasteiger partial charge in [-0.2, -0.15) is 0 Å². The van der Waals surface area contributed by atoms with Gasteiger partial charge in [-0.3, -0.25) is 9.10 Å². The van der Waals surface area contributed by atoms with Gasteiger partial charge in [-0.05, 0) is 30.7 Å². The first-order valence-electron chi connectivity index (χ1n) is 8.39. The van der Waals surface area contributed by atoms with E-state index in [0.29, 0.717) is 22.9 Å². The number of benzene rings is 2. The maximum atomic E-state index is 12.9. The topological polar surface area (TPSA) is 84.9 Å². The number of amides is 1. The van der Waals surface area contributed by atoms with Crippen molar-refractivity contribution in [2.45, 2.75) is 19.4 Å². The lowest BCUT2D eigenvalue weighted by molar-refractivity contribution is -0.117. The van der Waals surface area contributed by atoms with E-state index in [9.17, 15) is 13.2 Å². The van der Waals surface area contributed by atoms with Crippen molar-refractivity contribution in [2.75, 3.05) is 30.1 Å². The molecule has 0 unspecified atom stereocenters. The highest BCUT2D eigenvalue weighted by molar-refractivity contribution is 7.92. The van der Waals surface area contributed by atoms with Crippen molar-refractivity contribution in [1.29, 1.82) is 0 Å². The summed E-state index contributed by atoms with van der Waals surface area (Å²) < 4.78 is 36.5. The second-order valence-electron chi connectivity index (χ2n) is 5.87. The Morgan fingerprint density at radius 2 is 1.81 bits per heavy atom. The van der Waals surface area contributed by atoms with Crippen LogP contribution in [0.2, 0.25) is 0 Å². The molecule has 8 heteroatoms. The Bertz CT molecular complexity index is 898. The van der Waals surface area contributed by atoms with Crippen LogP contribution in [-0.4, -0.2) is 40.8 Å². The van der Waals surface area contributed by atoms with Gasteiger partial charge in [0.25, 0.3) is 0 Å². The number of sulfonamides is 1. The average Bonchev–Trinajstić information content (AvgIpc) is 2.65. The summed E-state index contributed by atoms with van der Waals surface area (Å²) in [6.45, 7) is 1.75. The number of carbonyl (C=O) groups excluding carboxylic acids is 1. The van der Waals surface area contributed by atoms with Crippen LogP contribution < -0.4 is 19.1 Å². The van der Waals surface area contributed by atoms with Crippen molar-refractivity contribution >= 4 is 27.3 Å². The van der Waals surface area contributed by atoms with Crippen LogP contribution in [0.25, 0.3) is 0 Å². The van der Waals surface area contributed by atoms with Crippen LogP contribution >= 0.6 is 0 Å². The fourth-order valence-electron chi connectivity index (χ4n) is 2.77. The Morgan fingerprint density at radius 1 is 1.11 bits per heavy atom. The van der Waals surface area contributed by atoms with Gasteiger partial charge in [-0.15, -0.1) is 0 Å². The Kier molecular flexibility index (Phi) is 6.68. The Balaban J connectivity index is 2.41. The number of carbonyl (C=O) groups is 1. The minimum atomic E-state index is -3.72. The molecule has 27 heavy (non-hydrogen) atoms. The first kappa shape index (κ1) is 20.6. The second-order valence-corrected chi connectivity index (χ2v) is 7.73. The number of nitrogens with one attached hydrogen (secondary N) is 1. The minimum Gasteiger partial charge on any atom is -0.497 e. The molecule has 1 amide bonds. The maximum Gasteiger partial charge on any atom is 0.248 e. The van der Waals surface area contributed by atoms with Gasteiger partial charge >= 0.3 is 0 Å². The molecule has 7 nitrogen and oxygen atoms in total. The first-order valence-corrected chi connectivity index (χ1v) is 10.2. The molecule has 0 aliphatic carbocycles. The van der Waals surface area contributed by atoms with Crippen LogP contribution in [0.1, 0.15) is 13.3 Å².